The maximum absolute atomic E-state index is 5.77. The molecule has 20 heavy (non-hydrogen) atoms. The summed E-state index contributed by atoms with van der Waals surface area (Å²) in [6.07, 6.45) is 6.88. The molecule has 1 saturated carbocycles. The number of benzene rings is 1. The Kier molecular flexibility index (Phi) is 6.70. The van der Waals surface area contributed by atoms with E-state index in [1.54, 1.807) is 0 Å². The highest BCUT2D eigenvalue weighted by molar-refractivity contribution is 7.99. The first-order valence-corrected chi connectivity index (χ1v) is 8.69. The Balaban J connectivity index is 1.96. The fourth-order valence-electron chi connectivity index (χ4n) is 2.75. The molecule has 112 valence electrons. The van der Waals surface area contributed by atoms with Crippen LogP contribution >= 0.6 is 11.8 Å². The number of ether oxygens (including phenoxy) is 1. The van der Waals surface area contributed by atoms with Gasteiger partial charge in [-0.2, -0.15) is 11.8 Å². The summed E-state index contributed by atoms with van der Waals surface area (Å²) in [7, 11) is 0. The normalized spacial score (nSPS) is 17.9. The number of hydrazine groups is 1. The highest BCUT2D eigenvalue weighted by Gasteiger charge is 2.19. The molecule has 0 heterocycles. The molecule has 1 unspecified atom stereocenters. The Morgan fingerprint density at radius 1 is 1.30 bits per heavy atom. The predicted molar refractivity (Wildman–Crippen MR) is 87.0 cm³/mol. The van der Waals surface area contributed by atoms with E-state index in [1.165, 1.54) is 37.7 Å². The van der Waals surface area contributed by atoms with Gasteiger partial charge in [0.05, 0.1) is 12.6 Å². The average molecular weight is 294 g/mol. The molecule has 4 heteroatoms. The van der Waals surface area contributed by atoms with Crippen LogP contribution in [-0.4, -0.2) is 17.6 Å². The minimum atomic E-state index is 0.157. The van der Waals surface area contributed by atoms with Gasteiger partial charge in [-0.25, -0.2) is 0 Å². The van der Waals surface area contributed by atoms with Crippen LogP contribution < -0.4 is 16.0 Å². The van der Waals surface area contributed by atoms with Gasteiger partial charge in [-0.15, -0.1) is 0 Å². The third-order valence-corrected chi connectivity index (χ3v) is 5.31. The Hall–Kier alpha value is -0.710. The lowest BCUT2D eigenvalue weighted by atomic mass is 10.0. The van der Waals surface area contributed by atoms with Crippen LogP contribution in [0.15, 0.2) is 24.3 Å². The first-order valence-electron chi connectivity index (χ1n) is 7.64. The van der Waals surface area contributed by atoms with E-state index < -0.39 is 0 Å². The Labute approximate surface area is 126 Å². The number of rotatable bonds is 7. The molecular formula is C16H26N2OS. The van der Waals surface area contributed by atoms with Crippen molar-refractivity contribution in [3.63, 3.8) is 0 Å². The minimum Gasteiger partial charge on any atom is -0.494 e. The van der Waals surface area contributed by atoms with Gasteiger partial charge in [-0.1, -0.05) is 37.5 Å². The summed E-state index contributed by atoms with van der Waals surface area (Å²) in [5.41, 5.74) is 4.12. The van der Waals surface area contributed by atoms with Crippen LogP contribution in [-0.2, 0) is 0 Å². The van der Waals surface area contributed by atoms with Crippen molar-refractivity contribution in [3.8, 4) is 5.75 Å². The second kappa shape index (κ2) is 8.55. The van der Waals surface area contributed by atoms with E-state index in [9.17, 15) is 0 Å². The third kappa shape index (κ3) is 4.40. The fourth-order valence-corrected chi connectivity index (χ4v) is 4.15. The largest absolute Gasteiger partial charge is 0.494 e. The van der Waals surface area contributed by atoms with Crippen LogP contribution in [0, 0.1) is 0 Å². The molecule has 1 aliphatic carbocycles. The highest BCUT2D eigenvalue weighted by Crippen LogP contribution is 2.33. The van der Waals surface area contributed by atoms with Gasteiger partial charge < -0.3 is 4.74 Å². The summed E-state index contributed by atoms with van der Waals surface area (Å²) < 4.78 is 5.71. The zero-order valence-corrected chi connectivity index (χ0v) is 13.1. The van der Waals surface area contributed by atoms with Gasteiger partial charge in [0.25, 0.3) is 0 Å². The highest BCUT2D eigenvalue weighted by atomic mass is 32.2. The maximum Gasteiger partial charge on any atom is 0.124 e. The van der Waals surface area contributed by atoms with Crippen LogP contribution in [0.5, 0.6) is 5.75 Å². The van der Waals surface area contributed by atoms with E-state index in [2.05, 4.69) is 23.3 Å². The first-order chi connectivity index (χ1) is 9.85. The van der Waals surface area contributed by atoms with Crippen molar-refractivity contribution in [2.45, 2.75) is 50.3 Å². The van der Waals surface area contributed by atoms with E-state index in [-0.39, 0.29) is 6.04 Å². The molecule has 0 bridgehead atoms. The van der Waals surface area contributed by atoms with Crippen molar-refractivity contribution < 1.29 is 4.74 Å². The number of hydrogen-bond acceptors (Lipinski definition) is 4. The van der Waals surface area contributed by atoms with Crippen LogP contribution in [0.25, 0.3) is 0 Å². The van der Waals surface area contributed by atoms with E-state index in [0.717, 1.165) is 16.8 Å². The molecule has 3 N–H and O–H groups in total. The fraction of sp³-hybridized carbons (Fsp3) is 0.625. The molecule has 0 aliphatic heterocycles. The van der Waals surface area contributed by atoms with Crippen LogP contribution in [0.4, 0.5) is 0 Å². The lowest BCUT2D eigenvalue weighted by Crippen LogP contribution is -2.30. The molecule has 0 aromatic heterocycles. The molecule has 3 nitrogen and oxygen atoms in total. The van der Waals surface area contributed by atoms with Crippen molar-refractivity contribution in [1.29, 1.82) is 0 Å². The molecular weight excluding hydrogens is 268 g/mol. The lowest BCUT2D eigenvalue weighted by molar-refractivity contribution is 0.333. The number of hydrogen-bond donors (Lipinski definition) is 2. The second-order valence-corrected chi connectivity index (χ2v) is 6.62. The quantitative estimate of drug-likeness (QED) is 0.595. The van der Waals surface area contributed by atoms with Crippen LogP contribution in [0.1, 0.15) is 50.6 Å². The van der Waals surface area contributed by atoms with Crippen LogP contribution in [0.2, 0.25) is 0 Å². The molecule has 1 aliphatic rings. The van der Waals surface area contributed by atoms with E-state index in [0.29, 0.717) is 6.61 Å². The molecule has 1 aromatic carbocycles. The number of nitrogens with two attached hydrogens (primary N) is 1. The lowest BCUT2D eigenvalue weighted by Gasteiger charge is -2.24. The molecule has 1 fully saturated rings. The summed E-state index contributed by atoms with van der Waals surface area (Å²) in [4.78, 5) is 0. The molecule has 2 rings (SSSR count). The Bertz CT molecular complexity index is 394. The zero-order chi connectivity index (χ0) is 14.2. The average Bonchev–Trinajstić information content (AvgIpc) is 2.51. The first kappa shape index (κ1) is 15.7. The van der Waals surface area contributed by atoms with Crippen molar-refractivity contribution in [2.75, 3.05) is 12.4 Å². The van der Waals surface area contributed by atoms with Crippen molar-refractivity contribution >= 4 is 11.8 Å². The van der Waals surface area contributed by atoms with E-state index in [4.69, 9.17) is 10.6 Å². The van der Waals surface area contributed by atoms with Gasteiger partial charge in [-0.05, 0) is 25.8 Å². The standard InChI is InChI=1S/C16H26N2OS/c1-2-19-16-11-7-6-10-14(16)15(18-17)12-20-13-8-4-3-5-9-13/h6-7,10-11,13,15,18H,2-5,8-9,12,17H2,1H3. The van der Waals surface area contributed by atoms with Crippen molar-refractivity contribution in [1.82, 2.24) is 5.43 Å². The Morgan fingerprint density at radius 3 is 2.75 bits per heavy atom. The molecule has 0 amide bonds. The molecule has 0 radical (unpaired) electrons. The van der Waals surface area contributed by atoms with Crippen molar-refractivity contribution in [2.24, 2.45) is 5.84 Å². The maximum atomic E-state index is 5.77. The van der Waals surface area contributed by atoms with Gasteiger partial charge in [-0.3, -0.25) is 11.3 Å². The minimum absolute atomic E-state index is 0.157. The Morgan fingerprint density at radius 2 is 2.05 bits per heavy atom. The number of nitrogens with one attached hydrogen (secondary N) is 1. The van der Waals surface area contributed by atoms with Gasteiger partial charge in [0, 0.05) is 16.6 Å². The van der Waals surface area contributed by atoms with Crippen molar-refractivity contribution in [3.05, 3.63) is 29.8 Å². The van der Waals surface area contributed by atoms with E-state index >= 15 is 0 Å². The summed E-state index contributed by atoms with van der Waals surface area (Å²) in [6, 6.07) is 8.35. The molecule has 1 aromatic rings. The van der Waals surface area contributed by atoms with Gasteiger partial charge >= 0.3 is 0 Å². The predicted octanol–water partition coefficient (Wildman–Crippen LogP) is 3.66. The summed E-state index contributed by atoms with van der Waals surface area (Å²) >= 11 is 2.05. The summed E-state index contributed by atoms with van der Waals surface area (Å²) in [5, 5.41) is 0.804. The third-order valence-electron chi connectivity index (χ3n) is 3.85. The number of para-hydroxylation sites is 1. The smallest absolute Gasteiger partial charge is 0.124 e. The zero-order valence-electron chi connectivity index (χ0n) is 12.3. The van der Waals surface area contributed by atoms with Crippen LogP contribution in [0.3, 0.4) is 0 Å². The topological polar surface area (TPSA) is 47.3 Å². The van der Waals surface area contributed by atoms with Gasteiger partial charge in [0.1, 0.15) is 5.75 Å². The number of thioether (sulfide) groups is 1. The van der Waals surface area contributed by atoms with E-state index in [1.807, 2.05) is 25.1 Å². The molecule has 0 saturated heterocycles. The SMILES string of the molecule is CCOc1ccccc1C(CSC1CCCCC1)NN. The molecule has 1 atom stereocenters. The van der Waals surface area contributed by atoms with Gasteiger partial charge in [0.2, 0.25) is 0 Å². The molecule has 0 spiro atoms. The monoisotopic (exact) mass is 294 g/mol. The summed E-state index contributed by atoms with van der Waals surface area (Å²) in [6.45, 7) is 2.70. The van der Waals surface area contributed by atoms with Gasteiger partial charge in [0.15, 0.2) is 0 Å². The summed E-state index contributed by atoms with van der Waals surface area (Å²) in [5.74, 6) is 7.72. The second-order valence-electron chi connectivity index (χ2n) is 5.28.